The predicted octanol–water partition coefficient (Wildman–Crippen LogP) is 2.58. The monoisotopic (exact) mass is 388 g/mol. The van der Waals surface area contributed by atoms with Crippen molar-refractivity contribution in [3.8, 4) is 12.1 Å². The molecular formula is C14H6Br2N4. The molecule has 0 aliphatic rings. The quantitative estimate of drug-likeness (QED) is 0.576. The van der Waals surface area contributed by atoms with Crippen molar-refractivity contribution in [3.05, 3.63) is 56.5 Å². The summed E-state index contributed by atoms with van der Waals surface area (Å²) in [7, 11) is 0. The smallest absolute Gasteiger partial charge is 0.226 e. The maximum atomic E-state index is 9.00. The second-order valence-corrected chi connectivity index (χ2v) is 4.70. The summed E-state index contributed by atoms with van der Waals surface area (Å²) in [5, 5.41) is 19.9. The third-order valence-corrected chi connectivity index (χ3v) is 3.77. The Kier molecular flexibility index (Phi) is 5.95. The number of nitrogens with zero attached hydrogens (tertiary/aromatic N) is 4. The minimum atomic E-state index is -0.00507. The van der Waals surface area contributed by atoms with E-state index in [1.165, 1.54) is 0 Å². The van der Waals surface area contributed by atoms with Crippen LogP contribution >= 0.6 is 31.9 Å². The van der Waals surface area contributed by atoms with Crippen LogP contribution in [0, 0.1) is 35.8 Å². The van der Waals surface area contributed by atoms with E-state index in [-0.39, 0.29) is 11.4 Å². The average Bonchev–Trinajstić information content (AvgIpc) is 2.50. The van der Waals surface area contributed by atoms with Crippen LogP contribution in [0.1, 0.15) is 11.1 Å². The lowest BCUT2D eigenvalue weighted by molar-refractivity contribution is 1.27. The molecule has 0 spiro atoms. The van der Waals surface area contributed by atoms with Crippen molar-refractivity contribution in [2.24, 2.45) is 0 Å². The molecule has 1 aromatic carbocycles. The molecule has 4 nitrogen and oxygen atoms in total. The minimum absolute atomic E-state index is 0.00507. The highest BCUT2D eigenvalue weighted by Crippen LogP contribution is 2.07. The van der Waals surface area contributed by atoms with E-state index in [0.29, 0.717) is 32.2 Å². The van der Waals surface area contributed by atoms with Gasteiger partial charge in [0.2, 0.25) is 0 Å². The van der Waals surface area contributed by atoms with E-state index >= 15 is 0 Å². The summed E-state index contributed by atoms with van der Waals surface area (Å²) >= 11 is 6.60. The van der Waals surface area contributed by atoms with Crippen molar-refractivity contribution in [2.75, 3.05) is 0 Å². The van der Waals surface area contributed by atoms with E-state index in [0.717, 1.165) is 0 Å². The first-order chi connectivity index (χ1) is 9.66. The van der Waals surface area contributed by atoms with Crippen molar-refractivity contribution in [1.82, 2.24) is 0 Å². The first-order valence-electron chi connectivity index (χ1n) is 5.24. The normalized spacial score (nSPS) is 12.3. The van der Waals surface area contributed by atoms with E-state index in [1.54, 1.807) is 12.1 Å². The molecule has 0 aliphatic heterocycles. The van der Waals surface area contributed by atoms with Gasteiger partial charge in [-0.1, -0.05) is 44.0 Å². The first kappa shape index (κ1) is 15.9. The Morgan fingerprint density at radius 3 is 1.50 bits per heavy atom. The third kappa shape index (κ3) is 3.06. The van der Waals surface area contributed by atoms with Gasteiger partial charge in [-0.15, -0.1) is 0 Å². The fraction of sp³-hybridized carbons (Fsp3) is 0.143. The maximum absolute atomic E-state index is 9.00. The maximum Gasteiger partial charge on any atom is 0.269 e. The number of rotatable bonds is 2. The van der Waals surface area contributed by atoms with Crippen molar-refractivity contribution in [1.29, 1.82) is 10.5 Å². The lowest BCUT2D eigenvalue weighted by Crippen LogP contribution is -2.21. The summed E-state index contributed by atoms with van der Waals surface area (Å²) in [4.78, 5) is 6.43. The first-order valence-corrected chi connectivity index (χ1v) is 7.48. The van der Waals surface area contributed by atoms with Crippen LogP contribution in [-0.2, 0) is 10.7 Å². The molecule has 0 N–H and O–H groups in total. The second kappa shape index (κ2) is 7.46. The Morgan fingerprint density at radius 2 is 1.30 bits per heavy atom. The number of hydrogen-bond acceptors (Lipinski definition) is 2. The highest BCUT2D eigenvalue weighted by atomic mass is 79.9. The second-order valence-electron chi connectivity index (χ2n) is 3.58. The molecule has 0 atom stereocenters. The van der Waals surface area contributed by atoms with Crippen LogP contribution in [0.3, 0.4) is 0 Å². The number of halogens is 2. The lowest BCUT2D eigenvalue weighted by Gasteiger charge is -2.04. The summed E-state index contributed by atoms with van der Waals surface area (Å²) in [6.07, 6.45) is 0. The van der Waals surface area contributed by atoms with Crippen LogP contribution < -0.4 is 10.4 Å². The fourth-order valence-corrected chi connectivity index (χ4v) is 2.57. The van der Waals surface area contributed by atoms with Crippen LogP contribution in [0.2, 0.25) is 0 Å². The molecule has 0 aliphatic carbocycles. The molecule has 0 fully saturated rings. The van der Waals surface area contributed by atoms with Gasteiger partial charge in [0.25, 0.3) is 11.4 Å². The van der Waals surface area contributed by atoms with Crippen LogP contribution in [0.25, 0.3) is 21.1 Å². The number of alkyl halides is 2. The Morgan fingerprint density at radius 1 is 0.950 bits per heavy atom. The molecule has 1 aromatic rings. The Labute approximate surface area is 133 Å². The molecule has 6 heteroatoms. The third-order valence-electron chi connectivity index (χ3n) is 2.56. The summed E-state index contributed by atoms with van der Waals surface area (Å²) in [5.41, 5.74) is 1.39. The van der Waals surface area contributed by atoms with Crippen LogP contribution in [-0.4, -0.2) is 0 Å². The van der Waals surface area contributed by atoms with Gasteiger partial charge in [-0.25, -0.2) is 20.2 Å². The standard InChI is InChI=1S/C14H6Br2N4/c1-19-13(7-17)11-3-10(6-16)12(4-9(11)5-15)14(8-18)20-2/h3-4H,5-6H2. The minimum Gasteiger partial charge on any atom is -0.226 e. The van der Waals surface area contributed by atoms with E-state index in [9.17, 15) is 0 Å². The molecule has 0 saturated carbocycles. The van der Waals surface area contributed by atoms with Gasteiger partial charge in [0.05, 0.1) is 25.3 Å². The number of benzene rings is 1. The van der Waals surface area contributed by atoms with Gasteiger partial charge in [0, 0.05) is 10.7 Å². The van der Waals surface area contributed by atoms with E-state index in [1.807, 2.05) is 12.1 Å². The average molecular weight is 390 g/mol. The highest BCUT2D eigenvalue weighted by Gasteiger charge is 2.07. The van der Waals surface area contributed by atoms with Gasteiger partial charge in [-0.05, 0) is 21.6 Å². The van der Waals surface area contributed by atoms with Gasteiger partial charge in [0.15, 0.2) is 0 Å². The molecule has 0 aromatic heterocycles. The summed E-state index contributed by atoms with van der Waals surface area (Å²) in [6, 6.07) is 7.09. The molecule has 0 amide bonds. The molecule has 96 valence electrons. The van der Waals surface area contributed by atoms with Crippen molar-refractivity contribution >= 4 is 43.3 Å². The van der Waals surface area contributed by atoms with Gasteiger partial charge < -0.3 is 0 Å². The molecule has 1 rings (SSSR count). The number of hydrogen-bond donors (Lipinski definition) is 0. The highest BCUT2D eigenvalue weighted by molar-refractivity contribution is 9.08. The fourth-order valence-electron chi connectivity index (χ4n) is 1.64. The summed E-state index contributed by atoms with van der Waals surface area (Å²) in [5.74, 6) is 0. The topological polar surface area (TPSA) is 56.3 Å². The van der Waals surface area contributed by atoms with E-state index < -0.39 is 0 Å². The van der Waals surface area contributed by atoms with Crippen molar-refractivity contribution in [2.45, 2.75) is 10.7 Å². The van der Waals surface area contributed by atoms with Crippen molar-refractivity contribution < 1.29 is 0 Å². The number of nitriles is 2. The molecule has 0 saturated heterocycles. The Hall–Kier alpha value is -2.12. The largest absolute Gasteiger partial charge is 0.269 e. The molecular weight excluding hydrogens is 384 g/mol. The van der Waals surface area contributed by atoms with Gasteiger partial charge in [-0.3, -0.25) is 0 Å². The van der Waals surface area contributed by atoms with E-state index in [4.69, 9.17) is 23.7 Å². The Balaban J connectivity index is 4.06. The zero-order valence-corrected chi connectivity index (χ0v) is 13.3. The van der Waals surface area contributed by atoms with Crippen LogP contribution in [0.15, 0.2) is 12.1 Å². The van der Waals surface area contributed by atoms with E-state index in [2.05, 4.69) is 41.5 Å². The van der Waals surface area contributed by atoms with Crippen LogP contribution in [0.5, 0.6) is 0 Å². The molecule has 20 heavy (non-hydrogen) atoms. The zero-order chi connectivity index (χ0) is 15.1. The van der Waals surface area contributed by atoms with Gasteiger partial charge in [0.1, 0.15) is 0 Å². The summed E-state index contributed by atoms with van der Waals surface area (Å²) < 4.78 is 0. The van der Waals surface area contributed by atoms with Gasteiger partial charge >= 0.3 is 0 Å². The molecule has 0 bridgehead atoms. The predicted molar refractivity (Wildman–Crippen MR) is 82.2 cm³/mol. The molecule has 0 radical (unpaired) electrons. The zero-order valence-electron chi connectivity index (χ0n) is 10.1. The SMILES string of the molecule is [C-]#[N+]C(C#N)=c1cc(CBr)c(=C(C#N)[N+]#[C-])cc1CBr. The van der Waals surface area contributed by atoms with Crippen LogP contribution in [0.4, 0.5) is 0 Å². The molecule has 0 unspecified atom stereocenters. The lowest BCUT2D eigenvalue weighted by atomic mass is 10.0. The summed E-state index contributed by atoms with van der Waals surface area (Å²) in [6.45, 7) is 14.1. The van der Waals surface area contributed by atoms with Crippen molar-refractivity contribution in [3.63, 3.8) is 0 Å². The van der Waals surface area contributed by atoms with Gasteiger partial charge in [-0.2, -0.15) is 0 Å². The molecule has 0 heterocycles. The Bertz CT molecular complexity index is 723.